The summed E-state index contributed by atoms with van der Waals surface area (Å²) in [4.78, 5) is 25.0. The minimum Gasteiger partial charge on any atom is -0.465 e. The predicted molar refractivity (Wildman–Crippen MR) is 107 cm³/mol. The van der Waals surface area contributed by atoms with Gasteiger partial charge < -0.3 is 4.74 Å². The molecule has 0 radical (unpaired) electrons. The number of aryl methyl sites for hydroxylation is 2. The van der Waals surface area contributed by atoms with Crippen molar-refractivity contribution in [2.45, 2.75) is 37.1 Å². The van der Waals surface area contributed by atoms with Crippen molar-refractivity contribution in [3.8, 4) is 0 Å². The largest absolute Gasteiger partial charge is 0.465 e. The summed E-state index contributed by atoms with van der Waals surface area (Å²) < 4.78 is 32.5. The molecule has 28 heavy (non-hydrogen) atoms. The van der Waals surface area contributed by atoms with E-state index in [9.17, 15) is 18.0 Å². The molecule has 0 aliphatic carbocycles. The van der Waals surface area contributed by atoms with E-state index in [1.165, 1.54) is 12.1 Å². The number of carbonyl (C=O) groups excluding carboxylic acids is 2. The molecule has 0 unspecified atom stereocenters. The van der Waals surface area contributed by atoms with Gasteiger partial charge in [-0.3, -0.25) is 9.59 Å². The maximum absolute atomic E-state index is 12.7. The van der Waals surface area contributed by atoms with Crippen molar-refractivity contribution < 1.29 is 22.7 Å². The van der Waals surface area contributed by atoms with Crippen molar-refractivity contribution in [2.75, 3.05) is 6.61 Å². The van der Waals surface area contributed by atoms with Crippen molar-refractivity contribution in [3.05, 3.63) is 65.2 Å². The molecule has 0 saturated heterocycles. The smallest absolute Gasteiger partial charge is 0.326 e. The molecule has 2 rings (SSSR count). The number of ether oxygens (including phenoxy) is 1. The van der Waals surface area contributed by atoms with Crippen LogP contribution < -0.4 is 4.72 Å². The van der Waals surface area contributed by atoms with Crippen molar-refractivity contribution in [1.29, 1.82) is 0 Å². The molecule has 0 spiro atoms. The Morgan fingerprint density at radius 1 is 1.00 bits per heavy atom. The normalized spacial score (nSPS) is 13.6. The van der Waals surface area contributed by atoms with Crippen molar-refractivity contribution in [1.82, 2.24) is 4.72 Å². The van der Waals surface area contributed by atoms with Crippen molar-refractivity contribution in [3.63, 3.8) is 0 Å². The Kier molecular flexibility index (Phi) is 7.35. The van der Waals surface area contributed by atoms with Gasteiger partial charge in [-0.15, -0.1) is 11.6 Å². The molecule has 6 nitrogen and oxygen atoms in total. The van der Waals surface area contributed by atoms with Crippen molar-refractivity contribution in [2.24, 2.45) is 0 Å². The van der Waals surface area contributed by atoms with Crippen LogP contribution in [0.5, 0.6) is 0 Å². The summed E-state index contributed by atoms with van der Waals surface area (Å²) in [5.74, 6) is -1.50. The van der Waals surface area contributed by atoms with E-state index in [1.807, 2.05) is 13.8 Å². The number of Topliss-reactive ketones (excluding diaryl/α,β-unsaturated/α-hetero) is 1. The Morgan fingerprint density at radius 2 is 1.50 bits per heavy atom. The van der Waals surface area contributed by atoms with Gasteiger partial charge in [0, 0.05) is 5.56 Å². The minimum atomic E-state index is -4.09. The quantitative estimate of drug-likeness (QED) is 0.400. The van der Waals surface area contributed by atoms with Crippen LogP contribution in [-0.4, -0.2) is 38.2 Å². The molecule has 0 fully saturated rings. The predicted octanol–water partition coefficient (Wildman–Crippen LogP) is 3.00. The Balaban J connectivity index is 2.33. The Labute approximate surface area is 169 Å². The molecule has 2 atom stereocenters. The van der Waals surface area contributed by atoms with Crippen LogP contribution in [0.25, 0.3) is 0 Å². The number of benzene rings is 2. The Morgan fingerprint density at radius 3 is 2.00 bits per heavy atom. The number of esters is 1. The van der Waals surface area contributed by atoms with E-state index in [2.05, 4.69) is 4.72 Å². The molecule has 0 bridgehead atoms. The molecular weight excluding hydrogens is 402 g/mol. The first-order valence-electron chi connectivity index (χ1n) is 8.66. The van der Waals surface area contributed by atoms with E-state index in [4.69, 9.17) is 16.3 Å². The summed E-state index contributed by atoms with van der Waals surface area (Å²) in [6.45, 7) is 5.28. The fourth-order valence-corrected chi connectivity index (χ4v) is 4.00. The third kappa shape index (κ3) is 5.41. The average molecular weight is 424 g/mol. The van der Waals surface area contributed by atoms with Crippen LogP contribution in [0.4, 0.5) is 0 Å². The van der Waals surface area contributed by atoms with E-state index < -0.39 is 33.2 Å². The third-order valence-corrected chi connectivity index (χ3v) is 5.94. The summed E-state index contributed by atoms with van der Waals surface area (Å²) in [7, 11) is -4.09. The first kappa shape index (κ1) is 22.1. The first-order valence-corrected chi connectivity index (χ1v) is 10.6. The third-order valence-electron chi connectivity index (χ3n) is 4.03. The van der Waals surface area contributed by atoms with E-state index >= 15 is 0 Å². The van der Waals surface area contributed by atoms with Gasteiger partial charge in [0.05, 0.1) is 11.5 Å². The van der Waals surface area contributed by atoms with Crippen LogP contribution in [0.15, 0.2) is 53.4 Å². The van der Waals surface area contributed by atoms with Gasteiger partial charge in [-0.2, -0.15) is 4.72 Å². The fourth-order valence-electron chi connectivity index (χ4n) is 2.44. The summed E-state index contributed by atoms with van der Waals surface area (Å²) in [5.41, 5.74) is 2.10. The molecular formula is C20H22ClNO5S. The van der Waals surface area contributed by atoms with E-state index in [0.717, 1.165) is 11.1 Å². The zero-order valence-corrected chi connectivity index (χ0v) is 17.4. The molecule has 2 aromatic carbocycles. The Bertz CT molecular complexity index is 940. The number of sulfonamides is 1. The lowest BCUT2D eigenvalue weighted by Gasteiger charge is -2.21. The standard InChI is InChI=1S/C20H22ClNO5S/c1-4-27-20(24)18(17(21)19(23)15-9-5-13(2)6-10-15)22-28(25,26)16-11-7-14(3)8-12-16/h5-12,17-18,22H,4H2,1-3H3/t17-,18+/m1/s1. The second-order valence-corrected chi connectivity index (χ2v) is 8.48. The number of hydrogen-bond acceptors (Lipinski definition) is 5. The molecule has 0 amide bonds. The van der Waals surface area contributed by atoms with Gasteiger partial charge in [-0.05, 0) is 32.9 Å². The second kappa shape index (κ2) is 9.32. The van der Waals surface area contributed by atoms with Crippen LogP contribution in [0.1, 0.15) is 28.4 Å². The first-order chi connectivity index (χ1) is 13.2. The molecule has 8 heteroatoms. The molecule has 0 aliphatic heterocycles. The van der Waals surface area contributed by atoms with E-state index in [1.54, 1.807) is 43.3 Å². The summed E-state index contributed by atoms with van der Waals surface area (Å²) in [6.07, 6.45) is 0. The molecule has 1 N–H and O–H groups in total. The van der Waals surface area contributed by atoms with E-state index in [0.29, 0.717) is 0 Å². The van der Waals surface area contributed by atoms with Crippen LogP contribution in [0.3, 0.4) is 0 Å². The highest BCUT2D eigenvalue weighted by Gasteiger charge is 2.37. The number of rotatable bonds is 8. The monoisotopic (exact) mass is 423 g/mol. The SMILES string of the molecule is CCOC(=O)[C@@H](NS(=O)(=O)c1ccc(C)cc1)[C@@H](Cl)C(=O)c1ccc(C)cc1. The van der Waals surface area contributed by atoms with Gasteiger partial charge in [0.1, 0.15) is 11.4 Å². The zero-order valence-electron chi connectivity index (χ0n) is 15.8. The minimum absolute atomic E-state index is 0.0178. The summed E-state index contributed by atoms with van der Waals surface area (Å²) in [6, 6.07) is 11.1. The number of halogens is 1. The summed E-state index contributed by atoms with van der Waals surface area (Å²) in [5, 5.41) is -1.47. The molecule has 0 saturated carbocycles. The molecule has 0 aromatic heterocycles. The fraction of sp³-hybridized carbons (Fsp3) is 0.300. The maximum Gasteiger partial charge on any atom is 0.326 e. The lowest BCUT2D eigenvalue weighted by atomic mass is 10.0. The van der Waals surface area contributed by atoms with Gasteiger partial charge in [-0.1, -0.05) is 47.5 Å². The maximum atomic E-state index is 12.7. The lowest BCUT2D eigenvalue weighted by molar-refractivity contribution is -0.144. The van der Waals surface area contributed by atoms with Gasteiger partial charge in [0.25, 0.3) is 0 Å². The number of nitrogens with one attached hydrogen (secondary N) is 1. The summed E-state index contributed by atoms with van der Waals surface area (Å²) >= 11 is 6.24. The van der Waals surface area contributed by atoms with E-state index in [-0.39, 0.29) is 17.1 Å². The second-order valence-electron chi connectivity index (χ2n) is 6.30. The molecule has 2 aromatic rings. The number of carbonyl (C=O) groups is 2. The van der Waals surface area contributed by atoms with Crippen molar-refractivity contribution >= 4 is 33.4 Å². The molecule has 0 aliphatic rings. The average Bonchev–Trinajstić information content (AvgIpc) is 2.66. The van der Waals surface area contributed by atoms with Gasteiger partial charge in [0.15, 0.2) is 5.78 Å². The van der Waals surface area contributed by atoms with Gasteiger partial charge >= 0.3 is 5.97 Å². The van der Waals surface area contributed by atoms with Gasteiger partial charge in [-0.25, -0.2) is 8.42 Å². The van der Waals surface area contributed by atoms with Crippen LogP contribution >= 0.6 is 11.6 Å². The molecule has 150 valence electrons. The number of ketones is 1. The Hall–Kier alpha value is -2.22. The van der Waals surface area contributed by atoms with Crippen LogP contribution in [0.2, 0.25) is 0 Å². The van der Waals surface area contributed by atoms with Crippen LogP contribution in [-0.2, 0) is 19.6 Å². The molecule has 0 heterocycles. The topological polar surface area (TPSA) is 89.5 Å². The highest BCUT2D eigenvalue weighted by atomic mass is 35.5. The highest BCUT2D eigenvalue weighted by Crippen LogP contribution is 2.18. The lowest BCUT2D eigenvalue weighted by Crippen LogP contribution is -2.50. The van der Waals surface area contributed by atoms with Crippen LogP contribution in [0, 0.1) is 13.8 Å². The number of hydrogen-bond donors (Lipinski definition) is 1. The highest BCUT2D eigenvalue weighted by molar-refractivity contribution is 7.89. The number of alkyl halides is 1. The zero-order chi connectivity index (χ0) is 20.9. The van der Waals surface area contributed by atoms with Gasteiger partial charge in [0.2, 0.25) is 10.0 Å².